The van der Waals surface area contributed by atoms with Crippen LogP contribution in [0.25, 0.3) is 0 Å². The highest BCUT2D eigenvalue weighted by Crippen LogP contribution is 2.19. The lowest BCUT2D eigenvalue weighted by Crippen LogP contribution is -2.39. The molecule has 0 bridgehead atoms. The summed E-state index contributed by atoms with van der Waals surface area (Å²) in [6.45, 7) is 6.34. The van der Waals surface area contributed by atoms with E-state index in [0.717, 1.165) is 23.3 Å². The van der Waals surface area contributed by atoms with Crippen molar-refractivity contribution in [1.29, 1.82) is 0 Å². The van der Waals surface area contributed by atoms with Crippen molar-refractivity contribution in [2.24, 2.45) is 0 Å². The van der Waals surface area contributed by atoms with Gasteiger partial charge in [0.2, 0.25) is 0 Å². The molecule has 0 unspecified atom stereocenters. The van der Waals surface area contributed by atoms with Crippen LogP contribution in [0.15, 0.2) is 42.7 Å². The molecule has 0 aliphatic carbocycles. The summed E-state index contributed by atoms with van der Waals surface area (Å²) in [5.74, 6) is 0.671. The Kier molecular flexibility index (Phi) is 6.06. The molecule has 6 heteroatoms. The van der Waals surface area contributed by atoms with Crippen LogP contribution in [0.1, 0.15) is 27.9 Å². The molecule has 1 aromatic carbocycles. The summed E-state index contributed by atoms with van der Waals surface area (Å²) in [7, 11) is 0. The first kappa shape index (κ1) is 18.9. The Bertz CT molecular complexity index is 808. The van der Waals surface area contributed by atoms with E-state index in [4.69, 9.17) is 4.74 Å². The van der Waals surface area contributed by atoms with Gasteiger partial charge in [0.1, 0.15) is 5.75 Å². The number of aromatic nitrogens is 1. The second kappa shape index (κ2) is 8.66. The van der Waals surface area contributed by atoms with Crippen molar-refractivity contribution < 1.29 is 14.3 Å². The summed E-state index contributed by atoms with van der Waals surface area (Å²) in [4.78, 5) is 32.6. The van der Waals surface area contributed by atoms with E-state index in [1.54, 1.807) is 34.3 Å². The van der Waals surface area contributed by atoms with Crippen molar-refractivity contribution in [2.75, 3.05) is 32.8 Å². The molecular formula is C21H25N3O3. The predicted molar refractivity (Wildman–Crippen MR) is 103 cm³/mol. The SMILES string of the molecule is Cc1ccc(OCC(=O)N2CCCN(C(=O)c3ccncc3)CC2)c(C)c1. The van der Waals surface area contributed by atoms with Crippen molar-refractivity contribution in [1.82, 2.24) is 14.8 Å². The van der Waals surface area contributed by atoms with Crippen LogP contribution >= 0.6 is 0 Å². The molecule has 0 spiro atoms. The molecule has 2 amide bonds. The van der Waals surface area contributed by atoms with Gasteiger partial charge in [-0.3, -0.25) is 14.6 Å². The van der Waals surface area contributed by atoms with Gasteiger partial charge in [-0.1, -0.05) is 17.7 Å². The highest BCUT2D eigenvalue weighted by molar-refractivity contribution is 5.94. The molecule has 3 rings (SSSR count). The molecular weight excluding hydrogens is 342 g/mol. The molecule has 1 aliphatic rings. The second-order valence-electron chi connectivity index (χ2n) is 6.82. The lowest BCUT2D eigenvalue weighted by molar-refractivity contribution is -0.133. The minimum atomic E-state index is -0.0480. The van der Waals surface area contributed by atoms with Crippen LogP contribution in [-0.2, 0) is 4.79 Å². The Labute approximate surface area is 159 Å². The van der Waals surface area contributed by atoms with Crippen molar-refractivity contribution >= 4 is 11.8 Å². The van der Waals surface area contributed by atoms with Gasteiger partial charge in [0, 0.05) is 44.1 Å². The number of hydrogen-bond donors (Lipinski definition) is 0. The molecule has 142 valence electrons. The monoisotopic (exact) mass is 367 g/mol. The van der Waals surface area contributed by atoms with Crippen LogP contribution in [0.3, 0.4) is 0 Å². The Balaban J connectivity index is 1.54. The first-order valence-corrected chi connectivity index (χ1v) is 9.22. The molecule has 0 atom stereocenters. The number of aryl methyl sites for hydroxylation is 2. The first-order chi connectivity index (χ1) is 13.0. The molecule has 1 saturated heterocycles. The maximum Gasteiger partial charge on any atom is 0.260 e. The highest BCUT2D eigenvalue weighted by Gasteiger charge is 2.23. The van der Waals surface area contributed by atoms with E-state index < -0.39 is 0 Å². The largest absolute Gasteiger partial charge is 0.484 e. The van der Waals surface area contributed by atoms with E-state index in [9.17, 15) is 9.59 Å². The van der Waals surface area contributed by atoms with Gasteiger partial charge < -0.3 is 14.5 Å². The highest BCUT2D eigenvalue weighted by atomic mass is 16.5. The molecule has 0 radical (unpaired) electrons. The summed E-state index contributed by atoms with van der Waals surface area (Å²) in [5, 5.41) is 0. The summed E-state index contributed by atoms with van der Waals surface area (Å²) >= 11 is 0. The number of benzene rings is 1. The third kappa shape index (κ3) is 4.84. The van der Waals surface area contributed by atoms with Crippen molar-refractivity contribution in [3.8, 4) is 5.75 Å². The zero-order chi connectivity index (χ0) is 19.2. The van der Waals surface area contributed by atoms with Crippen LogP contribution in [0.5, 0.6) is 5.75 Å². The number of hydrogen-bond acceptors (Lipinski definition) is 4. The fourth-order valence-electron chi connectivity index (χ4n) is 3.24. The Hall–Kier alpha value is -2.89. The van der Waals surface area contributed by atoms with E-state index >= 15 is 0 Å². The number of ether oxygens (including phenoxy) is 1. The number of carbonyl (C=O) groups excluding carboxylic acids is 2. The van der Waals surface area contributed by atoms with Crippen LogP contribution in [-0.4, -0.2) is 59.4 Å². The van der Waals surface area contributed by atoms with Gasteiger partial charge in [0.05, 0.1) is 0 Å². The van der Waals surface area contributed by atoms with Gasteiger partial charge in [-0.15, -0.1) is 0 Å². The van der Waals surface area contributed by atoms with E-state index in [1.807, 2.05) is 32.0 Å². The van der Waals surface area contributed by atoms with Gasteiger partial charge in [-0.25, -0.2) is 0 Å². The van der Waals surface area contributed by atoms with E-state index in [1.165, 1.54) is 0 Å². The van der Waals surface area contributed by atoms with Crippen LogP contribution in [0.2, 0.25) is 0 Å². The molecule has 1 aliphatic heterocycles. The lowest BCUT2D eigenvalue weighted by atomic mass is 10.1. The summed E-state index contributed by atoms with van der Waals surface area (Å²) in [6.07, 6.45) is 3.99. The molecule has 0 saturated carbocycles. The van der Waals surface area contributed by atoms with Crippen LogP contribution in [0.4, 0.5) is 0 Å². The van der Waals surface area contributed by atoms with Gasteiger partial charge in [-0.2, -0.15) is 0 Å². The molecule has 1 fully saturated rings. The summed E-state index contributed by atoms with van der Waals surface area (Å²) in [6, 6.07) is 9.34. The van der Waals surface area contributed by atoms with E-state index in [-0.39, 0.29) is 18.4 Å². The van der Waals surface area contributed by atoms with Crippen LogP contribution < -0.4 is 4.74 Å². The van der Waals surface area contributed by atoms with Crippen molar-refractivity contribution in [2.45, 2.75) is 20.3 Å². The molecule has 6 nitrogen and oxygen atoms in total. The van der Waals surface area contributed by atoms with Crippen molar-refractivity contribution in [3.05, 3.63) is 59.4 Å². The van der Waals surface area contributed by atoms with Crippen molar-refractivity contribution in [3.63, 3.8) is 0 Å². The zero-order valence-corrected chi connectivity index (χ0v) is 15.9. The standard InChI is InChI=1S/C21H25N3O3/c1-16-4-5-19(17(2)14-16)27-15-20(25)23-10-3-11-24(13-12-23)21(26)18-6-8-22-9-7-18/h4-9,14H,3,10-13,15H2,1-2H3. The third-order valence-corrected chi connectivity index (χ3v) is 4.74. The smallest absolute Gasteiger partial charge is 0.260 e. The van der Waals surface area contributed by atoms with E-state index in [2.05, 4.69) is 4.98 Å². The van der Waals surface area contributed by atoms with Gasteiger partial charge >= 0.3 is 0 Å². The molecule has 2 aromatic rings. The minimum Gasteiger partial charge on any atom is -0.484 e. The molecule has 27 heavy (non-hydrogen) atoms. The average molecular weight is 367 g/mol. The summed E-state index contributed by atoms with van der Waals surface area (Å²) < 4.78 is 5.71. The topological polar surface area (TPSA) is 62.7 Å². The fourth-order valence-corrected chi connectivity index (χ4v) is 3.24. The zero-order valence-electron chi connectivity index (χ0n) is 15.9. The number of amides is 2. The maximum atomic E-state index is 12.6. The Morgan fingerprint density at radius 3 is 2.44 bits per heavy atom. The van der Waals surface area contributed by atoms with Gasteiger partial charge in [0.15, 0.2) is 6.61 Å². The number of carbonyl (C=O) groups is 2. The Morgan fingerprint density at radius 1 is 1.00 bits per heavy atom. The quantitative estimate of drug-likeness (QED) is 0.833. The minimum absolute atomic E-state index is 0.0155. The fraction of sp³-hybridized carbons (Fsp3) is 0.381. The Morgan fingerprint density at radius 2 is 1.70 bits per heavy atom. The molecule has 1 aromatic heterocycles. The lowest BCUT2D eigenvalue weighted by Gasteiger charge is -2.22. The van der Waals surface area contributed by atoms with E-state index in [0.29, 0.717) is 31.7 Å². The summed E-state index contributed by atoms with van der Waals surface area (Å²) in [5.41, 5.74) is 2.81. The van der Waals surface area contributed by atoms with Gasteiger partial charge in [-0.05, 0) is 44.0 Å². The molecule has 0 N–H and O–H groups in total. The maximum absolute atomic E-state index is 12.6. The first-order valence-electron chi connectivity index (χ1n) is 9.22. The van der Waals surface area contributed by atoms with Crippen LogP contribution in [0, 0.1) is 13.8 Å². The number of rotatable bonds is 4. The molecule has 2 heterocycles. The number of pyridine rings is 1. The second-order valence-corrected chi connectivity index (χ2v) is 6.82. The average Bonchev–Trinajstić information content (AvgIpc) is 2.93. The third-order valence-electron chi connectivity index (χ3n) is 4.74. The normalized spacial score (nSPS) is 14.6. The predicted octanol–water partition coefficient (Wildman–Crippen LogP) is 2.45. The van der Waals surface area contributed by atoms with Gasteiger partial charge in [0.25, 0.3) is 11.8 Å². The number of nitrogens with zero attached hydrogens (tertiary/aromatic N) is 3.